The van der Waals surface area contributed by atoms with Gasteiger partial charge in [-0.25, -0.2) is 4.98 Å². The lowest BCUT2D eigenvalue weighted by Crippen LogP contribution is -2.43. The van der Waals surface area contributed by atoms with E-state index in [2.05, 4.69) is 43.1 Å². The van der Waals surface area contributed by atoms with Crippen LogP contribution >= 0.6 is 11.8 Å². The molecule has 0 radical (unpaired) electrons. The van der Waals surface area contributed by atoms with Crippen molar-refractivity contribution in [2.45, 2.75) is 62.9 Å². The molecule has 1 fully saturated rings. The molecule has 2 aliphatic rings. The predicted molar refractivity (Wildman–Crippen MR) is 104 cm³/mol. The van der Waals surface area contributed by atoms with E-state index in [0.29, 0.717) is 5.92 Å². The number of nitrogens with one attached hydrogen (secondary N) is 1. The first-order chi connectivity index (χ1) is 12.1. The van der Waals surface area contributed by atoms with Crippen molar-refractivity contribution in [3.05, 3.63) is 45.7 Å². The molecule has 0 bridgehead atoms. The lowest BCUT2D eigenvalue weighted by Gasteiger charge is -2.43. The Morgan fingerprint density at radius 1 is 1.24 bits per heavy atom. The topological polar surface area (TPSA) is 45.8 Å². The van der Waals surface area contributed by atoms with Crippen LogP contribution in [-0.2, 0) is 11.8 Å². The van der Waals surface area contributed by atoms with Crippen LogP contribution in [0, 0.1) is 5.92 Å². The Kier molecular flexibility index (Phi) is 4.48. The number of benzene rings is 1. The largest absolute Gasteiger partial charge is 0.301 e. The Balaban J connectivity index is 1.93. The van der Waals surface area contributed by atoms with Crippen LogP contribution < -0.4 is 5.56 Å². The molecule has 1 aromatic heterocycles. The van der Waals surface area contributed by atoms with Crippen LogP contribution in [0.3, 0.4) is 0 Å². The highest BCUT2D eigenvalue weighted by molar-refractivity contribution is 7.99. The molecule has 0 spiro atoms. The number of aromatic nitrogens is 2. The van der Waals surface area contributed by atoms with Crippen molar-refractivity contribution in [2.75, 3.05) is 5.75 Å². The van der Waals surface area contributed by atoms with Crippen LogP contribution in [0.5, 0.6) is 0 Å². The molecule has 25 heavy (non-hydrogen) atoms. The molecule has 1 N–H and O–H groups in total. The summed E-state index contributed by atoms with van der Waals surface area (Å²) in [6.45, 7) is 4.39. The molecule has 3 nitrogen and oxygen atoms in total. The van der Waals surface area contributed by atoms with Gasteiger partial charge in [0.05, 0.1) is 11.3 Å². The molecular formula is C21H26N2OS. The van der Waals surface area contributed by atoms with Crippen LogP contribution in [0.2, 0.25) is 0 Å². The lowest BCUT2D eigenvalue weighted by atomic mass is 9.60. The minimum absolute atomic E-state index is 0.0727. The van der Waals surface area contributed by atoms with Crippen LogP contribution in [-0.4, -0.2) is 15.7 Å². The maximum absolute atomic E-state index is 13.1. The maximum Gasteiger partial charge on any atom is 0.255 e. The second-order valence-corrected chi connectivity index (χ2v) is 8.87. The smallest absolute Gasteiger partial charge is 0.255 e. The fraction of sp³-hybridized carbons (Fsp3) is 0.524. The van der Waals surface area contributed by atoms with E-state index in [0.717, 1.165) is 34.2 Å². The van der Waals surface area contributed by atoms with Crippen LogP contribution in [0.15, 0.2) is 34.2 Å². The van der Waals surface area contributed by atoms with Gasteiger partial charge in [0.2, 0.25) is 0 Å². The second kappa shape index (κ2) is 6.64. The number of hydrogen-bond acceptors (Lipinski definition) is 3. The summed E-state index contributed by atoms with van der Waals surface area (Å²) in [5.74, 6) is 1.48. The van der Waals surface area contributed by atoms with Gasteiger partial charge in [0.15, 0.2) is 5.16 Å². The summed E-state index contributed by atoms with van der Waals surface area (Å²) >= 11 is 1.61. The first-order valence-electron chi connectivity index (χ1n) is 9.49. The van der Waals surface area contributed by atoms with E-state index in [9.17, 15) is 4.79 Å². The maximum atomic E-state index is 13.1. The summed E-state index contributed by atoms with van der Waals surface area (Å²) in [4.78, 5) is 21.1. The number of rotatable bonds is 3. The predicted octanol–water partition coefficient (Wildman–Crippen LogP) is 4.94. The van der Waals surface area contributed by atoms with Gasteiger partial charge in [-0.15, -0.1) is 0 Å². The van der Waals surface area contributed by atoms with Crippen LogP contribution in [0.25, 0.3) is 11.3 Å². The zero-order chi connectivity index (χ0) is 17.4. The molecule has 1 aromatic carbocycles. The van der Waals surface area contributed by atoms with E-state index in [1.165, 1.54) is 37.7 Å². The molecule has 1 heterocycles. The number of H-pyrrole nitrogens is 1. The Bertz CT molecular complexity index is 838. The fourth-order valence-electron chi connectivity index (χ4n) is 4.86. The second-order valence-electron chi connectivity index (χ2n) is 7.61. The number of hydrogen-bond donors (Lipinski definition) is 1. The van der Waals surface area contributed by atoms with Crippen molar-refractivity contribution < 1.29 is 0 Å². The average molecular weight is 355 g/mol. The Morgan fingerprint density at radius 3 is 2.76 bits per heavy atom. The monoisotopic (exact) mass is 354 g/mol. The molecule has 0 unspecified atom stereocenters. The van der Waals surface area contributed by atoms with E-state index in [4.69, 9.17) is 4.98 Å². The minimum Gasteiger partial charge on any atom is -0.301 e. The minimum atomic E-state index is -0.111. The van der Waals surface area contributed by atoms with Gasteiger partial charge in [-0.3, -0.25) is 4.79 Å². The van der Waals surface area contributed by atoms with Gasteiger partial charge in [0.25, 0.3) is 5.56 Å². The van der Waals surface area contributed by atoms with E-state index in [-0.39, 0.29) is 11.0 Å². The Morgan fingerprint density at radius 2 is 2.00 bits per heavy atom. The molecule has 2 aliphatic carbocycles. The third kappa shape index (κ3) is 2.84. The zero-order valence-corrected chi connectivity index (χ0v) is 15.9. The van der Waals surface area contributed by atoms with Crippen molar-refractivity contribution in [3.63, 3.8) is 0 Å². The summed E-state index contributed by atoms with van der Waals surface area (Å²) in [5.41, 5.74) is 4.31. The van der Waals surface area contributed by atoms with E-state index in [1.54, 1.807) is 11.8 Å². The number of nitrogens with zero attached hydrogens (tertiary/aromatic N) is 1. The number of thioether (sulfide) groups is 1. The van der Waals surface area contributed by atoms with Crippen molar-refractivity contribution in [2.24, 2.45) is 5.92 Å². The van der Waals surface area contributed by atoms with E-state index >= 15 is 0 Å². The van der Waals surface area contributed by atoms with Gasteiger partial charge in [-0.1, -0.05) is 69.1 Å². The molecule has 0 saturated heterocycles. The first kappa shape index (κ1) is 16.9. The van der Waals surface area contributed by atoms with Gasteiger partial charge < -0.3 is 4.98 Å². The standard InChI is InChI=1S/C21H26N2OS/c1-3-25-20-22-18-16-12-8-7-9-14(16)13-21(2,17(18)19(24)23-20)15-10-5-4-6-11-15/h7-9,12,15H,3-6,10-11,13H2,1-2H3,(H,22,23,24)/t21-/m1/s1. The van der Waals surface area contributed by atoms with E-state index in [1.807, 2.05) is 0 Å². The first-order valence-corrected chi connectivity index (χ1v) is 10.5. The van der Waals surface area contributed by atoms with E-state index < -0.39 is 0 Å². The normalized spacial score (nSPS) is 23.1. The van der Waals surface area contributed by atoms with Crippen LogP contribution in [0.4, 0.5) is 0 Å². The summed E-state index contributed by atoms with van der Waals surface area (Å²) < 4.78 is 0. The zero-order valence-electron chi connectivity index (χ0n) is 15.1. The molecule has 1 saturated carbocycles. The Labute approximate surface area is 153 Å². The summed E-state index contributed by atoms with van der Waals surface area (Å²) in [7, 11) is 0. The highest BCUT2D eigenvalue weighted by Crippen LogP contribution is 2.48. The SMILES string of the molecule is CCSc1nc2c(c(=O)[nH]1)[C@@](C)(C1CCCCC1)Cc1ccccc1-2. The third-order valence-electron chi connectivity index (χ3n) is 6.09. The molecule has 4 rings (SSSR count). The van der Waals surface area contributed by atoms with Gasteiger partial charge in [0.1, 0.15) is 0 Å². The molecule has 0 aliphatic heterocycles. The third-order valence-corrected chi connectivity index (χ3v) is 6.84. The Hall–Kier alpha value is -1.55. The molecule has 0 amide bonds. The summed E-state index contributed by atoms with van der Waals surface area (Å²) in [5, 5.41) is 0.744. The molecule has 2 aromatic rings. The number of fused-ring (bicyclic) bond motifs is 3. The molecule has 4 heteroatoms. The molecule has 1 atom stereocenters. The summed E-state index contributed by atoms with van der Waals surface area (Å²) in [6.07, 6.45) is 7.30. The van der Waals surface area contributed by atoms with Crippen molar-refractivity contribution in [1.82, 2.24) is 9.97 Å². The summed E-state index contributed by atoms with van der Waals surface area (Å²) in [6, 6.07) is 8.51. The fourth-order valence-corrected chi connectivity index (χ4v) is 5.45. The molecule has 132 valence electrons. The van der Waals surface area contributed by atoms with Gasteiger partial charge >= 0.3 is 0 Å². The van der Waals surface area contributed by atoms with Crippen molar-refractivity contribution >= 4 is 11.8 Å². The highest BCUT2D eigenvalue weighted by atomic mass is 32.2. The van der Waals surface area contributed by atoms with Gasteiger partial charge in [-0.05, 0) is 36.5 Å². The molecular weight excluding hydrogens is 328 g/mol. The highest BCUT2D eigenvalue weighted by Gasteiger charge is 2.44. The quantitative estimate of drug-likeness (QED) is 0.627. The lowest BCUT2D eigenvalue weighted by molar-refractivity contribution is 0.213. The average Bonchev–Trinajstić information content (AvgIpc) is 2.62. The van der Waals surface area contributed by atoms with Gasteiger partial charge in [-0.2, -0.15) is 0 Å². The van der Waals surface area contributed by atoms with Gasteiger partial charge in [0, 0.05) is 11.0 Å². The van der Waals surface area contributed by atoms with Crippen molar-refractivity contribution in [3.8, 4) is 11.3 Å². The van der Waals surface area contributed by atoms with Crippen molar-refractivity contribution in [1.29, 1.82) is 0 Å². The number of aromatic amines is 1. The van der Waals surface area contributed by atoms with Crippen LogP contribution in [0.1, 0.15) is 57.1 Å².